The van der Waals surface area contributed by atoms with Crippen LogP contribution in [0.2, 0.25) is 0 Å². The highest BCUT2D eigenvalue weighted by Gasteiger charge is 2.09. The molecular weight excluding hydrogens is 250 g/mol. The first-order valence-electron chi connectivity index (χ1n) is 5.52. The molecule has 2 rings (SSSR count). The smallest absolute Gasteiger partial charge is 0.275 e. The van der Waals surface area contributed by atoms with Gasteiger partial charge in [-0.15, -0.1) is 11.3 Å². The summed E-state index contributed by atoms with van der Waals surface area (Å²) in [7, 11) is 4.02. The fourth-order valence-corrected chi connectivity index (χ4v) is 1.90. The number of aromatic nitrogens is 3. The van der Waals surface area contributed by atoms with E-state index in [1.165, 1.54) is 11.3 Å². The van der Waals surface area contributed by atoms with E-state index < -0.39 is 0 Å². The van der Waals surface area contributed by atoms with E-state index in [2.05, 4.69) is 20.3 Å². The molecule has 0 radical (unpaired) electrons. The molecule has 0 saturated heterocycles. The predicted octanol–water partition coefficient (Wildman–Crippen LogP) is 1.15. The number of nitrogens with one attached hydrogen (secondary N) is 1. The Morgan fingerprint density at radius 1 is 1.56 bits per heavy atom. The Morgan fingerprint density at radius 2 is 2.39 bits per heavy atom. The number of hydrogen-bond acceptors (Lipinski definition) is 5. The van der Waals surface area contributed by atoms with Crippen molar-refractivity contribution >= 4 is 22.9 Å². The van der Waals surface area contributed by atoms with Crippen LogP contribution in [0.15, 0.2) is 23.3 Å². The minimum absolute atomic E-state index is 0.205. The summed E-state index contributed by atoms with van der Waals surface area (Å²) >= 11 is 1.40. The number of rotatable bonds is 5. The second-order valence-corrected chi connectivity index (χ2v) is 4.84. The molecular formula is C11H15N5OS. The number of thiazole rings is 1. The number of hydrogen-bond donors (Lipinski definition) is 1. The average Bonchev–Trinajstić information content (AvgIpc) is 2.97. The Labute approximate surface area is 109 Å². The van der Waals surface area contributed by atoms with Gasteiger partial charge in [0.2, 0.25) is 0 Å². The van der Waals surface area contributed by atoms with Crippen molar-refractivity contribution in [2.45, 2.75) is 6.54 Å². The summed E-state index contributed by atoms with van der Waals surface area (Å²) in [6.45, 7) is 1.70. The summed E-state index contributed by atoms with van der Waals surface area (Å²) in [6, 6.07) is 0. The van der Waals surface area contributed by atoms with Crippen LogP contribution in [0.4, 0.5) is 5.69 Å². The fourth-order valence-electron chi connectivity index (χ4n) is 1.37. The number of carbonyl (C=O) groups excluding carboxylic acids is 1. The van der Waals surface area contributed by atoms with E-state index in [9.17, 15) is 4.79 Å². The third-order valence-electron chi connectivity index (χ3n) is 2.33. The van der Waals surface area contributed by atoms with Crippen molar-refractivity contribution in [1.29, 1.82) is 0 Å². The molecule has 0 bridgehead atoms. The number of nitrogens with zero attached hydrogens (tertiary/aromatic N) is 4. The zero-order valence-electron chi connectivity index (χ0n) is 10.3. The Morgan fingerprint density at radius 3 is 3.06 bits per heavy atom. The van der Waals surface area contributed by atoms with Gasteiger partial charge >= 0.3 is 0 Å². The molecule has 0 fully saturated rings. The molecule has 0 saturated carbocycles. The molecule has 0 atom stereocenters. The lowest BCUT2D eigenvalue weighted by atomic mass is 10.4. The highest BCUT2D eigenvalue weighted by atomic mass is 32.1. The number of anilines is 1. The lowest BCUT2D eigenvalue weighted by Gasteiger charge is -2.08. The van der Waals surface area contributed by atoms with Gasteiger partial charge in [-0.3, -0.25) is 9.48 Å². The molecule has 2 aromatic rings. The van der Waals surface area contributed by atoms with E-state index in [1.807, 2.05) is 20.3 Å². The van der Waals surface area contributed by atoms with Gasteiger partial charge in [0.25, 0.3) is 5.91 Å². The molecule has 0 aliphatic rings. The van der Waals surface area contributed by atoms with Crippen molar-refractivity contribution in [3.63, 3.8) is 0 Å². The van der Waals surface area contributed by atoms with Crippen LogP contribution in [0.25, 0.3) is 0 Å². The minimum Gasteiger partial charge on any atom is -0.318 e. The molecule has 96 valence electrons. The molecule has 1 amide bonds. The largest absolute Gasteiger partial charge is 0.318 e. The van der Waals surface area contributed by atoms with Gasteiger partial charge in [-0.2, -0.15) is 5.10 Å². The molecule has 0 spiro atoms. The van der Waals surface area contributed by atoms with Crippen molar-refractivity contribution in [3.05, 3.63) is 29.0 Å². The SMILES string of the molecule is CN(C)CCn1cc(NC(=O)c2cscn2)cn1. The summed E-state index contributed by atoms with van der Waals surface area (Å²) in [4.78, 5) is 17.8. The van der Waals surface area contributed by atoms with Gasteiger partial charge in [0.05, 0.1) is 23.9 Å². The number of amides is 1. The van der Waals surface area contributed by atoms with Crippen LogP contribution in [0, 0.1) is 0 Å². The number of carbonyl (C=O) groups is 1. The summed E-state index contributed by atoms with van der Waals surface area (Å²) < 4.78 is 1.80. The van der Waals surface area contributed by atoms with Gasteiger partial charge in [0, 0.05) is 18.1 Å². The summed E-state index contributed by atoms with van der Waals surface area (Å²) in [6.07, 6.45) is 3.45. The fraction of sp³-hybridized carbons (Fsp3) is 0.364. The maximum Gasteiger partial charge on any atom is 0.275 e. The maximum absolute atomic E-state index is 11.7. The summed E-state index contributed by atoms with van der Waals surface area (Å²) in [5.41, 5.74) is 2.75. The van der Waals surface area contributed by atoms with Gasteiger partial charge in [-0.1, -0.05) is 0 Å². The van der Waals surface area contributed by atoms with Crippen LogP contribution in [-0.2, 0) is 6.54 Å². The zero-order valence-corrected chi connectivity index (χ0v) is 11.1. The van der Waals surface area contributed by atoms with Crippen LogP contribution in [0.3, 0.4) is 0 Å². The molecule has 2 aromatic heterocycles. The van der Waals surface area contributed by atoms with Crippen LogP contribution in [0.1, 0.15) is 10.5 Å². The lowest BCUT2D eigenvalue weighted by molar-refractivity contribution is 0.102. The maximum atomic E-state index is 11.7. The molecule has 0 aromatic carbocycles. The first-order valence-corrected chi connectivity index (χ1v) is 6.46. The van der Waals surface area contributed by atoms with Gasteiger partial charge in [0.1, 0.15) is 5.69 Å². The van der Waals surface area contributed by atoms with Crippen molar-refractivity contribution in [3.8, 4) is 0 Å². The molecule has 1 N–H and O–H groups in total. The van der Waals surface area contributed by atoms with E-state index >= 15 is 0 Å². The topological polar surface area (TPSA) is 63.0 Å². The number of likely N-dealkylation sites (N-methyl/N-ethyl adjacent to an activating group) is 1. The Kier molecular flexibility index (Phi) is 4.06. The standard InChI is InChI=1S/C11H15N5OS/c1-15(2)3-4-16-6-9(5-13-16)14-11(17)10-7-18-8-12-10/h5-8H,3-4H2,1-2H3,(H,14,17). The highest BCUT2D eigenvalue weighted by molar-refractivity contribution is 7.07. The molecule has 18 heavy (non-hydrogen) atoms. The van der Waals surface area contributed by atoms with Crippen molar-refractivity contribution in [1.82, 2.24) is 19.7 Å². The molecule has 7 heteroatoms. The second-order valence-electron chi connectivity index (χ2n) is 4.12. The van der Waals surface area contributed by atoms with E-state index in [4.69, 9.17) is 0 Å². The molecule has 0 unspecified atom stereocenters. The Bertz CT molecular complexity index is 505. The van der Waals surface area contributed by atoms with Crippen molar-refractivity contribution in [2.24, 2.45) is 0 Å². The normalized spacial score (nSPS) is 10.8. The average molecular weight is 265 g/mol. The Hall–Kier alpha value is -1.73. The summed E-state index contributed by atoms with van der Waals surface area (Å²) in [5.74, 6) is -0.205. The molecule has 6 nitrogen and oxygen atoms in total. The predicted molar refractivity (Wildman–Crippen MR) is 70.8 cm³/mol. The first kappa shape index (κ1) is 12.7. The molecule has 2 heterocycles. The monoisotopic (exact) mass is 265 g/mol. The van der Waals surface area contributed by atoms with Gasteiger partial charge in [-0.05, 0) is 14.1 Å². The first-order chi connectivity index (χ1) is 8.65. The summed E-state index contributed by atoms with van der Waals surface area (Å²) in [5, 5.41) is 8.65. The lowest BCUT2D eigenvalue weighted by Crippen LogP contribution is -2.18. The van der Waals surface area contributed by atoms with E-state index in [0.29, 0.717) is 11.4 Å². The molecule has 0 aliphatic heterocycles. The van der Waals surface area contributed by atoms with E-state index in [-0.39, 0.29) is 5.91 Å². The zero-order chi connectivity index (χ0) is 13.0. The third kappa shape index (κ3) is 3.38. The minimum atomic E-state index is -0.205. The quantitative estimate of drug-likeness (QED) is 0.881. The Balaban J connectivity index is 1.92. The highest BCUT2D eigenvalue weighted by Crippen LogP contribution is 2.08. The van der Waals surface area contributed by atoms with E-state index in [1.54, 1.807) is 21.8 Å². The van der Waals surface area contributed by atoms with Crippen LogP contribution in [-0.4, -0.2) is 46.2 Å². The van der Waals surface area contributed by atoms with Crippen LogP contribution < -0.4 is 5.32 Å². The van der Waals surface area contributed by atoms with Crippen molar-refractivity contribution < 1.29 is 4.79 Å². The van der Waals surface area contributed by atoms with Gasteiger partial charge in [-0.25, -0.2) is 4.98 Å². The van der Waals surface area contributed by atoms with Crippen molar-refractivity contribution in [2.75, 3.05) is 26.0 Å². The van der Waals surface area contributed by atoms with E-state index in [0.717, 1.165) is 13.1 Å². The van der Waals surface area contributed by atoms with Crippen LogP contribution in [0.5, 0.6) is 0 Å². The van der Waals surface area contributed by atoms with Gasteiger partial charge in [0.15, 0.2) is 0 Å². The second kappa shape index (κ2) is 5.74. The van der Waals surface area contributed by atoms with Gasteiger partial charge < -0.3 is 10.2 Å². The third-order valence-corrected chi connectivity index (χ3v) is 2.92. The van der Waals surface area contributed by atoms with Crippen LogP contribution >= 0.6 is 11.3 Å². The molecule has 0 aliphatic carbocycles.